The van der Waals surface area contributed by atoms with Gasteiger partial charge in [-0.1, -0.05) is 0 Å². The van der Waals surface area contributed by atoms with E-state index in [0.29, 0.717) is 37.6 Å². The van der Waals surface area contributed by atoms with Crippen molar-refractivity contribution in [3.63, 3.8) is 0 Å². The van der Waals surface area contributed by atoms with Crippen LogP contribution in [0, 0.1) is 17.1 Å². The number of rotatable bonds is 7. The smallest absolute Gasteiger partial charge is 0.419 e. The SMILES string of the molecule is CN1CCN(CCCOc2ccc(N3C(=S)N(c4cnc(C#N)c(C(F)(F)F)c4)C(=O)C34CCC4)cc2F)CC1. The molecule has 0 radical (unpaired) electrons. The van der Waals surface area contributed by atoms with Crippen molar-refractivity contribution in [3.8, 4) is 11.8 Å². The second-order valence-electron chi connectivity index (χ2n) is 10.3. The number of benzene rings is 1. The molecule has 1 saturated carbocycles. The van der Waals surface area contributed by atoms with Gasteiger partial charge in [0.05, 0.1) is 24.1 Å². The number of alkyl halides is 3. The van der Waals surface area contributed by atoms with Crippen LogP contribution < -0.4 is 14.5 Å². The molecular formula is C27H28F4N6O2S. The van der Waals surface area contributed by atoms with Crippen LogP contribution in [0.1, 0.15) is 36.9 Å². The summed E-state index contributed by atoms with van der Waals surface area (Å²) < 4.78 is 61.5. The first-order chi connectivity index (χ1) is 19.0. The van der Waals surface area contributed by atoms with Gasteiger partial charge in [-0.2, -0.15) is 18.4 Å². The van der Waals surface area contributed by atoms with Gasteiger partial charge in [-0.15, -0.1) is 0 Å². The summed E-state index contributed by atoms with van der Waals surface area (Å²) in [4.78, 5) is 24.4. The standard InChI is InChI=1S/C27H28F4N6O2S/c1-34-9-11-35(12-10-34)8-3-13-39-23-5-4-18(15-21(23)28)37-25(40)36(24(38)26(37)6-2-7-26)19-14-20(27(29,30)31)22(16-32)33-17-19/h4-5,14-15,17H,2-3,6-13H2,1H3. The Hall–Kier alpha value is -3.34. The van der Waals surface area contributed by atoms with Crippen molar-refractivity contribution in [2.24, 2.45) is 0 Å². The Morgan fingerprint density at radius 3 is 2.48 bits per heavy atom. The maximum Gasteiger partial charge on any atom is 0.419 e. The summed E-state index contributed by atoms with van der Waals surface area (Å²) >= 11 is 5.58. The van der Waals surface area contributed by atoms with E-state index >= 15 is 4.39 Å². The normalized spacial score (nSPS) is 19.7. The topological polar surface area (TPSA) is 75.9 Å². The number of amides is 1. The Bertz CT molecular complexity index is 1350. The summed E-state index contributed by atoms with van der Waals surface area (Å²) in [7, 11) is 2.09. The van der Waals surface area contributed by atoms with Gasteiger partial charge in [0.1, 0.15) is 11.6 Å². The van der Waals surface area contributed by atoms with Gasteiger partial charge in [-0.25, -0.2) is 9.37 Å². The summed E-state index contributed by atoms with van der Waals surface area (Å²) in [5, 5.41) is 8.99. The molecule has 0 bridgehead atoms. The van der Waals surface area contributed by atoms with Crippen LogP contribution in [-0.4, -0.2) is 77.7 Å². The molecule has 1 spiro atoms. The molecule has 3 aliphatic rings. The van der Waals surface area contributed by atoms with Crippen LogP contribution in [-0.2, 0) is 11.0 Å². The number of nitrogens with zero attached hydrogens (tertiary/aromatic N) is 6. The first-order valence-corrected chi connectivity index (χ1v) is 13.5. The predicted molar refractivity (Wildman–Crippen MR) is 144 cm³/mol. The predicted octanol–water partition coefficient (Wildman–Crippen LogP) is 4.19. The lowest BCUT2D eigenvalue weighted by Crippen LogP contribution is -2.55. The van der Waals surface area contributed by atoms with Gasteiger partial charge in [-0.3, -0.25) is 9.69 Å². The third-order valence-electron chi connectivity index (χ3n) is 7.78. The number of carbonyl (C=O) groups is 1. The third-order valence-corrected chi connectivity index (χ3v) is 8.15. The minimum absolute atomic E-state index is 0.0733. The summed E-state index contributed by atoms with van der Waals surface area (Å²) in [6.07, 6.45) is -1.57. The van der Waals surface area contributed by atoms with Crippen molar-refractivity contribution in [1.29, 1.82) is 5.26 Å². The van der Waals surface area contributed by atoms with Crippen LogP contribution >= 0.6 is 12.2 Å². The highest BCUT2D eigenvalue weighted by atomic mass is 32.1. The molecule has 2 saturated heterocycles. The van der Waals surface area contributed by atoms with E-state index in [-0.39, 0.29) is 16.5 Å². The molecule has 212 valence electrons. The first-order valence-electron chi connectivity index (χ1n) is 13.0. The van der Waals surface area contributed by atoms with E-state index in [0.717, 1.165) is 50.2 Å². The zero-order valence-electron chi connectivity index (χ0n) is 21.9. The molecule has 1 amide bonds. The van der Waals surface area contributed by atoms with E-state index in [4.69, 9.17) is 22.2 Å². The molecule has 1 aliphatic carbocycles. The van der Waals surface area contributed by atoms with E-state index in [1.165, 1.54) is 23.1 Å². The highest BCUT2D eigenvalue weighted by molar-refractivity contribution is 7.81. The Kier molecular flexibility index (Phi) is 7.69. The van der Waals surface area contributed by atoms with Crippen LogP contribution in [0.25, 0.3) is 0 Å². The quantitative estimate of drug-likeness (QED) is 0.276. The lowest BCUT2D eigenvalue weighted by molar-refractivity contribution is -0.138. The molecule has 3 heterocycles. The maximum absolute atomic E-state index is 15.1. The molecule has 1 aromatic carbocycles. The highest BCUT2D eigenvalue weighted by Gasteiger charge is 2.60. The summed E-state index contributed by atoms with van der Waals surface area (Å²) in [6, 6.07) is 6.44. The van der Waals surface area contributed by atoms with Crippen LogP contribution in [0.2, 0.25) is 0 Å². The number of aromatic nitrogens is 1. The Morgan fingerprint density at radius 2 is 1.88 bits per heavy atom. The van der Waals surface area contributed by atoms with Crippen molar-refractivity contribution < 1.29 is 27.1 Å². The van der Waals surface area contributed by atoms with Gasteiger partial charge < -0.3 is 19.4 Å². The molecule has 2 aromatic rings. The van der Waals surface area contributed by atoms with Crippen LogP contribution in [0.15, 0.2) is 30.5 Å². The number of likely N-dealkylation sites (N-methyl/N-ethyl adjacent to an activating group) is 1. The average Bonchev–Trinajstić information content (AvgIpc) is 3.14. The number of pyridine rings is 1. The fourth-order valence-electron chi connectivity index (χ4n) is 5.38. The number of carbonyl (C=O) groups excluding carboxylic acids is 1. The Morgan fingerprint density at radius 1 is 1.15 bits per heavy atom. The van der Waals surface area contributed by atoms with Crippen LogP contribution in [0.3, 0.4) is 0 Å². The van der Waals surface area contributed by atoms with E-state index in [1.807, 2.05) is 0 Å². The fraction of sp³-hybridized carbons (Fsp3) is 0.481. The van der Waals surface area contributed by atoms with E-state index < -0.39 is 34.7 Å². The molecule has 40 heavy (non-hydrogen) atoms. The van der Waals surface area contributed by atoms with E-state index in [2.05, 4.69) is 21.8 Å². The van der Waals surface area contributed by atoms with Gasteiger partial charge in [-0.05, 0) is 63.1 Å². The van der Waals surface area contributed by atoms with E-state index in [1.54, 1.807) is 6.07 Å². The van der Waals surface area contributed by atoms with Crippen molar-refractivity contribution in [2.45, 2.75) is 37.4 Å². The van der Waals surface area contributed by atoms with Crippen molar-refractivity contribution in [3.05, 3.63) is 47.5 Å². The zero-order valence-corrected chi connectivity index (χ0v) is 22.7. The van der Waals surface area contributed by atoms with Gasteiger partial charge in [0.2, 0.25) is 0 Å². The number of hydrogen-bond acceptors (Lipinski definition) is 7. The minimum atomic E-state index is -4.85. The molecule has 2 aliphatic heterocycles. The van der Waals surface area contributed by atoms with E-state index in [9.17, 15) is 18.0 Å². The summed E-state index contributed by atoms with van der Waals surface area (Å²) in [6.45, 7) is 5.21. The molecular weight excluding hydrogens is 548 g/mol. The minimum Gasteiger partial charge on any atom is -0.490 e. The molecule has 3 fully saturated rings. The average molecular weight is 577 g/mol. The number of ether oxygens (including phenoxy) is 1. The number of hydrogen-bond donors (Lipinski definition) is 0. The maximum atomic E-state index is 15.1. The lowest BCUT2D eigenvalue weighted by atomic mass is 9.75. The Balaban J connectivity index is 1.33. The fourth-order valence-corrected chi connectivity index (χ4v) is 5.85. The Labute approximate surface area is 234 Å². The summed E-state index contributed by atoms with van der Waals surface area (Å²) in [5.74, 6) is -1.06. The van der Waals surface area contributed by atoms with Gasteiger partial charge in [0.15, 0.2) is 22.4 Å². The molecule has 0 N–H and O–H groups in total. The summed E-state index contributed by atoms with van der Waals surface area (Å²) in [5.41, 5.74) is -3.08. The molecule has 8 nitrogen and oxygen atoms in total. The molecule has 1 aromatic heterocycles. The molecule has 0 unspecified atom stereocenters. The third kappa shape index (κ3) is 5.11. The second kappa shape index (κ2) is 10.9. The van der Waals surface area contributed by atoms with Crippen molar-refractivity contribution in [2.75, 3.05) is 56.2 Å². The second-order valence-corrected chi connectivity index (χ2v) is 10.7. The lowest BCUT2D eigenvalue weighted by Gasteiger charge is -2.43. The van der Waals surface area contributed by atoms with Crippen molar-refractivity contribution >= 4 is 34.6 Å². The monoisotopic (exact) mass is 576 g/mol. The first kappa shape index (κ1) is 28.2. The van der Waals surface area contributed by atoms with Crippen LogP contribution in [0.5, 0.6) is 5.75 Å². The van der Waals surface area contributed by atoms with Gasteiger partial charge >= 0.3 is 6.18 Å². The number of thiocarbonyl (C=S) groups is 1. The number of halogens is 4. The number of nitriles is 1. The van der Waals surface area contributed by atoms with Gasteiger partial charge in [0, 0.05) is 44.5 Å². The van der Waals surface area contributed by atoms with Crippen LogP contribution in [0.4, 0.5) is 28.9 Å². The number of anilines is 2. The molecule has 0 atom stereocenters. The number of piperazine rings is 1. The van der Waals surface area contributed by atoms with Gasteiger partial charge in [0.25, 0.3) is 5.91 Å². The zero-order chi connectivity index (χ0) is 28.7. The largest absolute Gasteiger partial charge is 0.490 e. The van der Waals surface area contributed by atoms with Crippen molar-refractivity contribution in [1.82, 2.24) is 14.8 Å². The molecule has 5 rings (SSSR count). The highest BCUT2D eigenvalue weighted by Crippen LogP contribution is 2.48. The molecule has 13 heteroatoms.